The molecule has 2 bridgehead atoms. The first-order valence-corrected chi connectivity index (χ1v) is 11.7. The fourth-order valence-corrected chi connectivity index (χ4v) is 6.82. The molecule has 1 aromatic rings. The molecule has 0 aromatic heterocycles. The van der Waals surface area contributed by atoms with Crippen molar-refractivity contribution >= 4 is 61.2 Å². The Bertz CT molecular complexity index is 904. The quantitative estimate of drug-likeness (QED) is 0.351. The summed E-state index contributed by atoms with van der Waals surface area (Å²) in [6.45, 7) is 2.84. The van der Waals surface area contributed by atoms with E-state index in [4.69, 9.17) is 4.74 Å². The predicted molar refractivity (Wildman–Crippen MR) is 116 cm³/mol. The molecule has 160 valence electrons. The lowest BCUT2D eigenvalue weighted by Crippen LogP contribution is -2.38. The topological polar surface area (TPSA) is 92.8 Å². The molecule has 1 heterocycles. The molecule has 0 radical (unpaired) electrons. The first-order valence-electron chi connectivity index (χ1n) is 9.85. The number of anilines is 1. The summed E-state index contributed by atoms with van der Waals surface area (Å²) in [5.74, 6) is -2.44. The largest absolute Gasteiger partial charge is 0.454 e. The van der Waals surface area contributed by atoms with Crippen LogP contribution in [0.5, 0.6) is 0 Å². The van der Waals surface area contributed by atoms with Gasteiger partial charge in [0, 0.05) is 15.3 Å². The van der Waals surface area contributed by atoms with Crippen molar-refractivity contribution in [3.05, 3.63) is 29.3 Å². The minimum absolute atomic E-state index is 0.0881. The number of alkyl halides is 2. The Morgan fingerprint density at radius 2 is 1.70 bits per heavy atom. The standard InChI is InChI=1S/C21H22Br2N2O5/c1-9-3-4-10(2)13(5-9)24-14(26)8-30-15(27)7-25-20(28)16-11-6-12(17(16)21(25)29)19(23)18(11)22/h3-5,11-12,16-19H,6-8H2,1-2H3,(H,24,26)/t11-,12-,16-,17+,18+,19+/m1/s1. The Morgan fingerprint density at radius 3 is 2.30 bits per heavy atom. The summed E-state index contributed by atoms with van der Waals surface area (Å²) >= 11 is 7.26. The zero-order chi connectivity index (χ0) is 21.7. The summed E-state index contributed by atoms with van der Waals surface area (Å²) in [4.78, 5) is 51.2. The Labute approximate surface area is 191 Å². The van der Waals surface area contributed by atoms with Crippen LogP contribution in [-0.4, -0.2) is 51.4 Å². The number of hydrogen-bond donors (Lipinski definition) is 1. The molecule has 6 atom stereocenters. The van der Waals surface area contributed by atoms with Crippen LogP contribution in [-0.2, 0) is 23.9 Å². The normalized spacial score (nSPS) is 31.8. The van der Waals surface area contributed by atoms with E-state index in [-0.39, 0.29) is 45.1 Å². The number of esters is 1. The Hall–Kier alpha value is -1.74. The first kappa shape index (κ1) is 21.5. The molecule has 4 rings (SSSR count). The average Bonchev–Trinajstić information content (AvgIpc) is 3.30. The minimum atomic E-state index is -0.772. The van der Waals surface area contributed by atoms with Gasteiger partial charge in [-0.15, -0.1) is 0 Å². The number of aryl methyl sites for hydroxylation is 2. The molecule has 3 amide bonds. The zero-order valence-electron chi connectivity index (χ0n) is 16.6. The second kappa shape index (κ2) is 8.07. The van der Waals surface area contributed by atoms with E-state index >= 15 is 0 Å². The third-order valence-corrected chi connectivity index (χ3v) is 9.60. The fraction of sp³-hybridized carbons (Fsp3) is 0.524. The first-order chi connectivity index (χ1) is 14.2. The molecule has 1 N–H and O–H groups in total. The summed E-state index contributed by atoms with van der Waals surface area (Å²) in [7, 11) is 0. The third-order valence-electron chi connectivity index (χ3n) is 6.40. The molecule has 2 saturated carbocycles. The molecule has 1 saturated heterocycles. The highest BCUT2D eigenvalue weighted by Crippen LogP contribution is 2.60. The highest BCUT2D eigenvalue weighted by atomic mass is 79.9. The summed E-state index contributed by atoms with van der Waals surface area (Å²) in [6, 6.07) is 5.66. The maximum Gasteiger partial charge on any atom is 0.326 e. The van der Waals surface area contributed by atoms with Crippen molar-refractivity contribution < 1.29 is 23.9 Å². The third kappa shape index (κ3) is 3.60. The van der Waals surface area contributed by atoms with E-state index in [2.05, 4.69) is 37.2 Å². The number of amides is 3. The van der Waals surface area contributed by atoms with E-state index in [0.717, 1.165) is 22.4 Å². The van der Waals surface area contributed by atoms with E-state index in [0.29, 0.717) is 5.69 Å². The van der Waals surface area contributed by atoms with Crippen LogP contribution in [0.15, 0.2) is 18.2 Å². The van der Waals surface area contributed by atoms with Gasteiger partial charge in [-0.1, -0.05) is 44.0 Å². The van der Waals surface area contributed by atoms with E-state index in [9.17, 15) is 19.2 Å². The molecule has 0 spiro atoms. The summed E-state index contributed by atoms with van der Waals surface area (Å²) in [5, 5.41) is 2.71. The second-order valence-electron chi connectivity index (χ2n) is 8.29. The smallest absolute Gasteiger partial charge is 0.326 e. The highest BCUT2D eigenvalue weighted by molar-refractivity contribution is 9.12. The van der Waals surface area contributed by atoms with Crippen LogP contribution in [0.3, 0.4) is 0 Å². The van der Waals surface area contributed by atoms with Gasteiger partial charge >= 0.3 is 5.97 Å². The van der Waals surface area contributed by atoms with Gasteiger partial charge in [0.25, 0.3) is 5.91 Å². The van der Waals surface area contributed by atoms with E-state index in [1.807, 2.05) is 32.0 Å². The molecular formula is C21H22Br2N2O5. The van der Waals surface area contributed by atoms with E-state index in [1.54, 1.807) is 0 Å². The van der Waals surface area contributed by atoms with Crippen molar-refractivity contribution in [3.63, 3.8) is 0 Å². The van der Waals surface area contributed by atoms with Crippen molar-refractivity contribution in [2.45, 2.75) is 29.9 Å². The number of rotatable bonds is 5. The zero-order valence-corrected chi connectivity index (χ0v) is 19.7. The Kier molecular flexibility index (Phi) is 5.78. The number of fused-ring (bicyclic) bond motifs is 5. The van der Waals surface area contributed by atoms with E-state index < -0.39 is 25.0 Å². The fourth-order valence-electron chi connectivity index (χ4n) is 4.94. The molecule has 7 nitrogen and oxygen atoms in total. The van der Waals surface area contributed by atoms with Crippen LogP contribution in [0, 0.1) is 37.5 Å². The summed E-state index contributed by atoms with van der Waals surface area (Å²) in [5.41, 5.74) is 2.54. The summed E-state index contributed by atoms with van der Waals surface area (Å²) < 4.78 is 5.02. The number of halogens is 2. The molecule has 1 aromatic carbocycles. The maximum absolute atomic E-state index is 12.8. The van der Waals surface area contributed by atoms with Crippen LogP contribution in [0.4, 0.5) is 5.69 Å². The van der Waals surface area contributed by atoms with Crippen LogP contribution >= 0.6 is 31.9 Å². The number of ether oxygens (including phenoxy) is 1. The van der Waals surface area contributed by atoms with Crippen molar-refractivity contribution in [2.75, 3.05) is 18.5 Å². The summed E-state index contributed by atoms with van der Waals surface area (Å²) in [6.07, 6.45) is 0.829. The van der Waals surface area contributed by atoms with E-state index in [1.165, 1.54) is 0 Å². The predicted octanol–water partition coefficient (Wildman–Crippen LogP) is 2.56. The number of carbonyl (C=O) groups excluding carboxylic acids is 4. The number of imide groups is 1. The van der Waals surface area contributed by atoms with Crippen molar-refractivity contribution in [1.29, 1.82) is 0 Å². The number of likely N-dealkylation sites (tertiary alicyclic amines) is 1. The van der Waals surface area contributed by atoms with Gasteiger partial charge in [0.1, 0.15) is 6.54 Å². The molecule has 3 aliphatic rings. The lowest BCUT2D eigenvalue weighted by molar-refractivity contribution is -0.154. The second-order valence-corrected chi connectivity index (χ2v) is 10.4. The molecule has 3 fully saturated rings. The van der Waals surface area contributed by atoms with Crippen LogP contribution < -0.4 is 5.32 Å². The van der Waals surface area contributed by atoms with Gasteiger partial charge in [0.15, 0.2) is 6.61 Å². The van der Waals surface area contributed by atoms with Crippen LogP contribution in [0.25, 0.3) is 0 Å². The minimum Gasteiger partial charge on any atom is -0.454 e. The number of carbonyl (C=O) groups is 4. The van der Waals surface area contributed by atoms with Gasteiger partial charge in [-0.25, -0.2) is 0 Å². The van der Waals surface area contributed by atoms with Gasteiger partial charge in [-0.3, -0.25) is 24.1 Å². The number of benzene rings is 1. The van der Waals surface area contributed by atoms with Gasteiger partial charge in [0.2, 0.25) is 11.8 Å². The van der Waals surface area contributed by atoms with Crippen molar-refractivity contribution in [1.82, 2.24) is 4.90 Å². The number of nitrogens with one attached hydrogen (secondary N) is 1. The molecule has 9 heteroatoms. The van der Waals surface area contributed by atoms with Gasteiger partial charge in [-0.05, 0) is 49.3 Å². The molecule has 2 aliphatic carbocycles. The van der Waals surface area contributed by atoms with Crippen molar-refractivity contribution in [2.24, 2.45) is 23.7 Å². The molecule has 0 unspecified atom stereocenters. The Balaban J connectivity index is 1.32. The lowest BCUT2D eigenvalue weighted by Gasteiger charge is -2.28. The van der Waals surface area contributed by atoms with Gasteiger partial charge in [-0.2, -0.15) is 0 Å². The Morgan fingerprint density at radius 1 is 1.10 bits per heavy atom. The molecule has 30 heavy (non-hydrogen) atoms. The van der Waals surface area contributed by atoms with Crippen molar-refractivity contribution in [3.8, 4) is 0 Å². The SMILES string of the molecule is Cc1ccc(C)c(NC(=O)COC(=O)CN2C(=O)[C@@H]3[C@H]4C[C@@H]([C@H](Br)[C@H]4Br)[C@@H]3C2=O)c1. The molecule has 1 aliphatic heterocycles. The molecular weight excluding hydrogens is 520 g/mol. The monoisotopic (exact) mass is 540 g/mol. The van der Waals surface area contributed by atoms with Crippen LogP contribution in [0.2, 0.25) is 0 Å². The number of nitrogens with zero attached hydrogens (tertiary/aromatic N) is 1. The maximum atomic E-state index is 12.8. The average molecular weight is 542 g/mol. The number of hydrogen-bond acceptors (Lipinski definition) is 5. The van der Waals surface area contributed by atoms with Gasteiger partial charge < -0.3 is 10.1 Å². The van der Waals surface area contributed by atoms with Gasteiger partial charge in [0.05, 0.1) is 11.8 Å². The highest BCUT2D eigenvalue weighted by Gasteiger charge is 2.66. The lowest BCUT2D eigenvalue weighted by atomic mass is 9.81. The van der Waals surface area contributed by atoms with Crippen LogP contribution in [0.1, 0.15) is 17.5 Å².